The Kier molecular flexibility index (Phi) is 6.90. The number of non-ortho nitro benzene ring substituents is 1. The minimum atomic E-state index is -0.756. The maximum absolute atomic E-state index is 13.8. The first kappa shape index (κ1) is 23.4. The summed E-state index contributed by atoms with van der Waals surface area (Å²) in [6.45, 7) is 0.610. The van der Waals surface area contributed by atoms with E-state index in [0.717, 1.165) is 4.88 Å². The fourth-order valence-corrected chi connectivity index (χ4v) is 5.08. The Bertz CT molecular complexity index is 1210. The second-order valence-corrected chi connectivity index (χ2v) is 8.63. The van der Waals surface area contributed by atoms with Crippen LogP contribution in [0.25, 0.3) is 0 Å². The van der Waals surface area contributed by atoms with Gasteiger partial charge >= 0.3 is 0 Å². The van der Waals surface area contributed by atoms with Crippen LogP contribution in [-0.2, 0) is 9.53 Å². The van der Waals surface area contributed by atoms with Crippen LogP contribution in [0.5, 0.6) is 5.75 Å². The number of anilines is 1. The predicted octanol–water partition coefficient (Wildman–Crippen LogP) is 4.23. The fourth-order valence-electron chi connectivity index (χ4n) is 4.20. The number of methoxy groups -OCH3 is 2. The van der Waals surface area contributed by atoms with Crippen molar-refractivity contribution in [3.05, 3.63) is 86.1 Å². The minimum absolute atomic E-state index is 0.174. The summed E-state index contributed by atoms with van der Waals surface area (Å²) < 4.78 is 10.5. The molecule has 4 rings (SSSR count). The van der Waals surface area contributed by atoms with Gasteiger partial charge in [-0.15, -0.1) is 11.3 Å². The van der Waals surface area contributed by atoms with Crippen LogP contribution >= 0.6 is 11.3 Å². The number of hydrogen-bond donors (Lipinski definition) is 1. The number of rotatable bonds is 8. The molecule has 0 saturated carbocycles. The van der Waals surface area contributed by atoms with E-state index >= 15 is 0 Å². The molecule has 0 saturated heterocycles. The zero-order valence-corrected chi connectivity index (χ0v) is 19.4. The Morgan fingerprint density at radius 3 is 2.65 bits per heavy atom. The number of thiophene rings is 1. The molecule has 1 aliphatic heterocycles. The highest BCUT2D eigenvalue weighted by molar-refractivity contribution is 7.10. The van der Waals surface area contributed by atoms with E-state index in [4.69, 9.17) is 9.47 Å². The number of carbonyl (C=O) groups excluding carboxylic acids is 2. The molecule has 0 fully saturated rings. The lowest BCUT2D eigenvalue weighted by Crippen LogP contribution is -2.47. The lowest BCUT2D eigenvalue weighted by Gasteiger charge is -2.41. The Labute approximate surface area is 200 Å². The van der Waals surface area contributed by atoms with Crippen LogP contribution in [0.1, 0.15) is 32.8 Å². The van der Waals surface area contributed by atoms with Crippen molar-refractivity contribution in [2.45, 2.75) is 12.0 Å². The lowest BCUT2D eigenvalue weighted by molar-refractivity contribution is -0.384. The summed E-state index contributed by atoms with van der Waals surface area (Å²) in [4.78, 5) is 40.5. The van der Waals surface area contributed by atoms with Crippen LogP contribution in [0.2, 0.25) is 0 Å². The van der Waals surface area contributed by atoms with Gasteiger partial charge in [0.1, 0.15) is 5.75 Å². The molecule has 1 N–H and O–H groups in total. The van der Waals surface area contributed by atoms with Crippen LogP contribution < -0.4 is 10.1 Å². The van der Waals surface area contributed by atoms with Gasteiger partial charge in [0.05, 0.1) is 36.3 Å². The third-order valence-corrected chi connectivity index (χ3v) is 6.69. The third kappa shape index (κ3) is 4.37. The number of fused-ring (bicyclic) bond motifs is 1. The van der Waals surface area contributed by atoms with E-state index in [1.54, 1.807) is 36.3 Å². The number of nitrogens with zero attached hydrogens (tertiary/aromatic N) is 2. The summed E-state index contributed by atoms with van der Waals surface area (Å²) in [6.07, 6.45) is 0. The molecule has 0 spiro atoms. The van der Waals surface area contributed by atoms with Gasteiger partial charge in [-0.3, -0.25) is 19.7 Å². The van der Waals surface area contributed by atoms with Crippen molar-refractivity contribution in [1.29, 1.82) is 0 Å². The molecule has 2 amide bonds. The van der Waals surface area contributed by atoms with Crippen molar-refractivity contribution in [1.82, 2.24) is 4.90 Å². The summed E-state index contributed by atoms with van der Waals surface area (Å²) in [5.41, 5.74) is 1.05. The number of nitro groups is 1. The number of ether oxygens (including phenoxy) is 2. The van der Waals surface area contributed by atoms with Crippen molar-refractivity contribution in [3.8, 4) is 5.75 Å². The monoisotopic (exact) mass is 481 g/mol. The van der Waals surface area contributed by atoms with Gasteiger partial charge in [-0.2, -0.15) is 0 Å². The summed E-state index contributed by atoms with van der Waals surface area (Å²) >= 11 is 1.46. The highest BCUT2D eigenvalue weighted by atomic mass is 32.1. The van der Waals surface area contributed by atoms with Gasteiger partial charge in [-0.05, 0) is 29.1 Å². The van der Waals surface area contributed by atoms with Crippen molar-refractivity contribution < 1.29 is 24.0 Å². The zero-order valence-electron chi connectivity index (χ0n) is 18.6. The normalized spacial score (nSPS) is 17.2. The molecular weight excluding hydrogens is 458 g/mol. The summed E-state index contributed by atoms with van der Waals surface area (Å²) in [5.74, 6) is -1.04. The second kappa shape index (κ2) is 10.0. The van der Waals surface area contributed by atoms with E-state index in [9.17, 15) is 19.7 Å². The van der Waals surface area contributed by atoms with Crippen molar-refractivity contribution in [2.75, 3.05) is 32.7 Å². The minimum Gasteiger partial charge on any atom is -0.495 e. The molecule has 0 radical (unpaired) electrons. The van der Waals surface area contributed by atoms with Crippen LogP contribution in [0, 0.1) is 10.1 Å². The molecule has 0 unspecified atom stereocenters. The Morgan fingerprint density at radius 2 is 1.97 bits per heavy atom. The molecule has 0 aliphatic carbocycles. The maximum atomic E-state index is 13.8. The van der Waals surface area contributed by atoms with Gasteiger partial charge in [0.2, 0.25) is 5.91 Å². The van der Waals surface area contributed by atoms with Gasteiger partial charge < -0.3 is 19.7 Å². The Hall–Kier alpha value is -3.76. The second-order valence-electron chi connectivity index (χ2n) is 7.65. The number of nitrogens with one attached hydrogen (secondary N) is 1. The number of hydrogen-bond acceptors (Lipinski definition) is 7. The quantitative estimate of drug-likeness (QED) is 0.381. The molecule has 34 heavy (non-hydrogen) atoms. The average molecular weight is 482 g/mol. The summed E-state index contributed by atoms with van der Waals surface area (Å²) in [7, 11) is 2.98. The van der Waals surface area contributed by atoms with Crippen molar-refractivity contribution in [2.24, 2.45) is 0 Å². The largest absolute Gasteiger partial charge is 0.495 e. The van der Waals surface area contributed by atoms with Crippen LogP contribution in [0.15, 0.2) is 60.0 Å². The highest BCUT2D eigenvalue weighted by Gasteiger charge is 2.44. The van der Waals surface area contributed by atoms with Gasteiger partial charge in [-0.25, -0.2) is 0 Å². The van der Waals surface area contributed by atoms with Crippen molar-refractivity contribution in [3.63, 3.8) is 0 Å². The molecule has 2 heterocycles. The van der Waals surface area contributed by atoms with E-state index in [-0.39, 0.29) is 17.3 Å². The molecule has 2 aromatic carbocycles. The molecule has 10 heteroatoms. The van der Waals surface area contributed by atoms with Crippen LogP contribution in [0.4, 0.5) is 11.4 Å². The molecule has 2 atom stereocenters. The fraction of sp³-hybridized carbons (Fsp3) is 0.250. The number of carbonyl (C=O) groups is 2. The third-order valence-electron chi connectivity index (χ3n) is 5.74. The zero-order chi connectivity index (χ0) is 24.2. The molecule has 176 valence electrons. The van der Waals surface area contributed by atoms with Crippen LogP contribution in [0.3, 0.4) is 0 Å². The number of amides is 2. The Balaban J connectivity index is 1.81. The summed E-state index contributed by atoms with van der Waals surface area (Å²) in [6, 6.07) is 14.2. The topological polar surface area (TPSA) is 111 Å². The number of nitro benzene ring substituents is 1. The van der Waals surface area contributed by atoms with E-state index in [2.05, 4.69) is 5.32 Å². The number of benzene rings is 2. The van der Waals surface area contributed by atoms with E-state index < -0.39 is 22.8 Å². The molecule has 9 nitrogen and oxygen atoms in total. The maximum Gasteiger partial charge on any atom is 0.271 e. The average Bonchev–Trinajstić information content (AvgIpc) is 3.37. The Morgan fingerprint density at radius 1 is 1.18 bits per heavy atom. The highest BCUT2D eigenvalue weighted by Crippen LogP contribution is 2.45. The van der Waals surface area contributed by atoms with Gasteiger partial charge in [0, 0.05) is 36.2 Å². The molecular formula is C24H23N3O6S. The SMILES string of the molecule is COCCN1C(=O)c2ccccc2[C@@H](C(=O)Nc2cc([N+](=O)[O-])ccc2OC)[C@@H]1c1cccs1. The first-order chi connectivity index (χ1) is 16.5. The van der Waals surface area contributed by atoms with Gasteiger partial charge in [0.25, 0.3) is 11.6 Å². The smallest absolute Gasteiger partial charge is 0.271 e. The van der Waals surface area contributed by atoms with Gasteiger partial charge in [0.15, 0.2) is 0 Å². The summed E-state index contributed by atoms with van der Waals surface area (Å²) in [5, 5.41) is 16.0. The first-order valence-corrected chi connectivity index (χ1v) is 11.4. The van der Waals surface area contributed by atoms with E-state index in [0.29, 0.717) is 30.0 Å². The van der Waals surface area contributed by atoms with Gasteiger partial charge in [-0.1, -0.05) is 24.3 Å². The van der Waals surface area contributed by atoms with E-state index in [1.807, 2.05) is 17.5 Å². The molecule has 1 aromatic heterocycles. The predicted molar refractivity (Wildman–Crippen MR) is 127 cm³/mol. The lowest BCUT2D eigenvalue weighted by atomic mass is 9.81. The molecule has 0 bridgehead atoms. The van der Waals surface area contributed by atoms with Crippen molar-refractivity contribution >= 4 is 34.5 Å². The van der Waals surface area contributed by atoms with E-state index in [1.165, 1.54) is 36.6 Å². The van der Waals surface area contributed by atoms with Crippen LogP contribution in [-0.4, -0.2) is 49.0 Å². The first-order valence-electron chi connectivity index (χ1n) is 10.5. The standard InChI is InChI=1S/C24H23N3O6S/c1-32-12-11-26-22(20-8-5-13-34-20)21(16-6-3-4-7-17(16)24(26)29)23(28)25-18-14-15(27(30)31)9-10-19(18)33-2/h3-10,13-14,21-22H,11-12H2,1-2H3,(H,25,28)/t21-,22+/m1/s1. The molecule has 1 aliphatic rings. The molecule has 3 aromatic rings.